The first kappa shape index (κ1) is 11.4. The number of rotatable bonds is 2. The Balaban J connectivity index is 2.31. The number of hydrogen-bond donors (Lipinski definition) is 1. The van der Waals surface area contributed by atoms with Gasteiger partial charge in [0.2, 0.25) is 5.88 Å². The van der Waals surface area contributed by atoms with Gasteiger partial charge in [0.25, 0.3) is 0 Å². The van der Waals surface area contributed by atoms with Crippen LogP contribution in [0.25, 0.3) is 0 Å². The van der Waals surface area contributed by atoms with Crippen LogP contribution in [0.1, 0.15) is 17.0 Å². The van der Waals surface area contributed by atoms with E-state index in [0.29, 0.717) is 17.2 Å². The van der Waals surface area contributed by atoms with E-state index in [0.717, 1.165) is 11.4 Å². The molecule has 0 fully saturated rings. The maximum atomic E-state index is 9.56. The molecule has 0 aliphatic heterocycles. The van der Waals surface area contributed by atoms with Gasteiger partial charge in [-0.1, -0.05) is 6.07 Å². The molecular formula is C13H14N2O2. The summed E-state index contributed by atoms with van der Waals surface area (Å²) in [6.45, 7) is 5.56. The molecule has 88 valence electrons. The van der Waals surface area contributed by atoms with E-state index >= 15 is 0 Å². The van der Waals surface area contributed by atoms with Gasteiger partial charge < -0.3 is 9.84 Å². The van der Waals surface area contributed by atoms with Crippen molar-refractivity contribution in [1.82, 2.24) is 9.97 Å². The largest absolute Gasteiger partial charge is 0.508 e. The lowest BCUT2D eigenvalue weighted by Crippen LogP contribution is -1.96. The van der Waals surface area contributed by atoms with Crippen molar-refractivity contribution in [3.05, 3.63) is 41.3 Å². The maximum Gasteiger partial charge on any atom is 0.238 e. The zero-order valence-electron chi connectivity index (χ0n) is 10.1. The zero-order chi connectivity index (χ0) is 12.4. The minimum Gasteiger partial charge on any atom is -0.508 e. The van der Waals surface area contributed by atoms with Crippen LogP contribution in [0.5, 0.6) is 17.4 Å². The van der Waals surface area contributed by atoms with Crippen LogP contribution < -0.4 is 4.74 Å². The van der Waals surface area contributed by atoms with Crippen LogP contribution in [-0.2, 0) is 0 Å². The molecule has 0 aliphatic carbocycles. The molecule has 1 aromatic carbocycles. The van der Waals surface area contributed by atoms with Gasteiger partial charge >= 0.3 is 0 Å². The molecule has 2 aromatic rings. The van der Waals surface area contributed by atoms with E-state index in [-0.39, 0.29) is 5.75 Å². The molecule has 1 heterocycles. The Kier molecular flexibility index (Phi) is 2.95. The van der Waals surface area contributed by atoms with E-state index in [4.69, 9.17) is 4.74 Å². The molecule has 0 amide bonds. The van der Waals surface area contributed by atoms with Crippen molar-refractivity contribution < 1.29 is 9.84 Å². The highest BCUT2D eigenvalue weighted by Crippen LogP contribution is 2.29. The lowest BCUT2D eigenvalue weighted by atomic mass is 10.2. The number of phenolic OH excluding ortho intramolecular Hbond substituents is 1. The molecule has 2 rings (SSSR count). The summed E-state index contributed by atoms with van der Waals surface area (Å²) in [6, 6.07) is 5.13. The minimum atomic E-state index is 0.208. The Morgan fingerprint density at radius 3 is 2.59 bits per heavy atom. The van der Waals surface area contributed by atoms with Gasteiger partial charge in [0.1, 0.15) is 11.5 Å². The minimum absolute atomic E-state index is 0.208. The van der Waals surface area contributed by atoms with E-state index in [2.05, 4.69) is 9.97 Å². The quantitative estimate of drug-likeness (QED) is 0.861. The van der Waals surface area contributed by atoms with Crippen molar-refractivity contribution in [1.29, 1.82) is 0 Å². The van der Waals surface area contributed by atoms with E-state index in [1.54, 1.807) is 31.3 Å². The predicted molar refractivity (Wildman–Crippen MR) is 64.4 cm³/mol. The summed E-state index contributed by atoms with van der Waals surface area (Å²) in [4.78, 5) is 8.45. The lowest BCUT2D eigenvalue weighted by molar-refractivity contribution is 0.436. The van der Waals surface area contributed by atoms with E-state index in [1.807, 2.05) is 13.8 Å². The molecule has 4 heteroatoms. The maximum absolute atomic E-state index is 9.56. The van der Waals surface area contributed by atoms with Crippen molar-refractivity contribution >= 4 is 0 Å². The molecule has 0 bridgehead atoms. The summed E-state index contributed by atoms with van der Waals surface area (Å²) in [5.74, 6) is 1.23. The molecule has 0 unspecified atom stereocenters. The van der Waals surface area contributed by atoms with E-state index in [1.165, 1.54) is 0 Å². The fourth-order valence-corrected chi connectivity index (χ4v) is 1.40. The van der Waals surface area contributed by atoms with Crippen LogP contribution in [0.4, 0.5) is 0 Å². The number of aromatic hydroxyl groups is 1. The Hall–Kier alpha value is -2.10. The smallest absolute Gasteiger partial charge is 0.238 e. The number of benzene rings is 1. The molecule has 0 aliphatic rings. The van der Waals surface area contributed by atoms with Crippen molar-refractivity contribution in [2.45, 2.75) is 20.8 Å². The monoisotopic (exact) mass is 230 g/mol. The Bertz CT molecular complexity index is 553. The number of aryl methyl sites for hydroxylation is 2. The third kappa shape index (κ3) is 2.36. The van der Waals surface area contributed by atoms with Crippen LogP contribution in [0.2, 0.25) is 0 Å². The molecule has 0 atom stereocenters. The van der Waals surface area contributed by atoms with Gasteiger partial charge in [-0.05, 0) is 32.9 Å². The molecule has 0 radical (unpaired) electrons. The number of nitrogens with zero attached hydrogens (tertiary/aromatic N) is 2. The topological polar surface area (TPSA) is 55.2 Å². The van der Waals surface area contributed by atoms with Gasteiger partial charge in [-0.2, -0.15) is 0 Å². The first-order valence-electron chi connectivity index (χ1n) is 5.34. The first-order chi connectivity index (χ1) is 8.08. The van der Waals surface area contributed by atoms with Crippen LogP contribution in [0.3, 0.4) is 0 Å². The second-order valence-electron chi connectivity index (χ2n) is 3.88. The number of phenols is 1. The zero-order valence-corrected chi connectivity index (χ0v) is 10.1. The second kappa shape index (κ2) is 4.41. The molecule has 0 saturated carbocycles. The summed E-state index contributed by atoms with van der Waals surface area (Å²) < 4.78 is 5.59. The third-order valence-corrected chi connectivity index (χ3v) is 2.64. The number of aromatic nitrogens is 2. The van der Waals surface area contributed by atoms with Gasteiger partial charge in [0.15, 0.2) is 0 Å². The summed E-state index contributed by atoms with van der Waals surface area (Å²) in [6.07, 6.45) is 1.58. The second-order valence-corrected chi connectivity index (χ2v) is 3.88. The Morgan fingerprint density at radius 2 is 1.88 bits per heavy atom. The van der Waals surface area contributed by atoms with Gasteiger partial charge in [-0.3, -0.25) is 4.98 Å². The summed E-state index contributed by atoms with van der Waals surface area (Å²) in [7, 11) is 0. The summed E-state index contributed by atoms with van der Waals surface area (Å²) in [5.41, 5.74) is 2.40. The van der Waals surface area contributed by atoms with Gasteiger partial charge in [-0.15, -0.1) is 0 Å². The number of ether oxygens (including phenoxy) is 1. The van der Waals surface area contributed by atoms with E-state index in [9.17, 15) is 5.11 Å². The van der Waals surface area contributed by atoms with Gasteiger partial charge in [0.05, 0.1) is 17.6 Å². The number of hydrogen-bond acceptors (Lipinski definition) is 4. The highest BCUT2D eigenvalue weighted by Gasteiger charge is 2.07. The molecule has 1 N–H and O–H groups in total. The highest BCUT2D eigenvalue weighted by molar-refractivity contribution is 5.43. The standard InChI is InChI=1S/C13H14N2O2/c1-8-11(16)5-4-6-12(8)17-13-7-14-9(2)10(3)15-13/h4-7,16H,1-3H3. The third-order valence-electron chi connectivity index (χ3n) is 2.64. The summed E-state index contributed by atoms with van der Waals surface area (Å²) in [5, 5.41) is 9.56. The molecule has 4 nitrogen and oxygen atoms in total. The van der Waals surface area contributed by atoms with E-state index < -0.39 is 0 Å². The van der Waals surface area contributed by atoms with Crippen molar-refractivity contribution in [3.63, 3.8) is 0 Å². The molecular weight excluding hydrogens is 216 g/mol. The Morgan fingerprint density at radius 1 is 1.12 bits per heavy atom. The average Bonchev–Trinajstić information content (AvgIpc) is 2.30. The fraction of sp³-hybridized carbons (Fsp3) is 0.231. The van der Waals surface area contributed by atoms with Crippen LogP contribution in [0, 0.1) is 20.8 Å². The van der Waals surface area contributed by atoms with Crippen LogP contribution in [-0.4, -0.2) is 15.1 Å². The fourth-order valence-electron chi connectivity index (χ4n) is 1.40. The van der Waals surface area contributed by atoms with Crippen molar-refractivity contribution in [3.8, 4) is 17.4 Å². The van der Waals surface area contributed by atoms with Crippen LogP contribution >= 0.6 is 0 Å². The Labute approximate surface area is 99.9 Å². The highest BCUT2D eigenvalue weighted by atomic mass is 16.5. The SMILES string of the molecule is Cc1ncc(Oc2cccc(O)c2C)nc1C. The molecule has 17 heavy (non-hydrogen) atoms. The van der Waals surface area contributed by atoms with Gasteiger partial charge in [0, 0.05) is 5.56 Å². The molecule has 0 spiro atoms. The normalized spacial score (nSPS) is 10.3. The summed E-state index contributed by atoms with van der Waals surface area (Å²) >= 11 is 0. The molecule has 0 saturated heterocycles. The lowest BCUT2D eigenvalue weighted by Gasteiger charge is -2.09. The average molecular weight is 230 g/mol. The predicted octanol–water partition coefficient (Wildman–Crippen LogP) is 2.90. The first-order valence-corrected chi connectivity index (χ1v) is 5.34. The molecule has 1 aromatic heterocycles. The van der Waals surface area contributed by atoms with Crippen LogP contribution in [0.15, 0.2) is 24.4 Å². The van der Waals surface area contributed by atoms with Gasteiger partial charge in [-0.25, -0.2) is 4.98 Å². The van der Waals surface area contributed by atoms with Crippen molar-refractivity contribution in [2.75, 3.05) is 0 Å². The van der Waals surface area contributed by atoms with Crippen molar-refractivity contribution in [2.24, 2.45) is 0 Å².